The minimum Gasteiger partial charge on any atom is -0.494 e. The van der Waals surface area contributed by atoms with Crippen molar-refractivity contribution in [3.05, 3.63) is 29.8 Å². The van der Waals surface area contributed by atoms with Gasteiger partial charge in [0.2, 0.25) is 0 Å². The van der Waals surface area contributed by atoms with Crippen LogP contribution in [0.1, 0.15) is 18.4 Å². The van der Waals surface area contributed by atoms with E-state index < -0.39 is 0 Å². The molecule has 1 aliphatic rings. The van der Waals surface area contributed by atoms with Gasteiger partial charge in [-0.1, -0.05) is 12.1 Å². The lowest BCUT2D eigenvalue weighted by molar-refractivity contribution is 0.340. The maximum Gasteiger partial charge on any atom is 0.119 e. The Kier molecular flexibility index (Phi) is 3.23. The summed E-state index contributed by atoms with van der Waals surface area (Å²) in [6.45, 7) is 4.60. The zero-order chi connectivity index (χ0) is 10.7. The summed E-state index contributed by atoms with van der Waals surface area (Å²) in [7, 11) is 0. The summed E-state index contributed by atoms with van der Waals surface area (Å²) < 4.78 is 5.40. The van der Waals surface area contributed by atoms with E-state index in [0.717, 1.165) is 18.8 Å². The van der Waals surface area contributed by atoms with Crippen LogP contribution in [0.4, 0.5) is 0 Å². The van der Waals surface area contributed by atoms with Gasteiger partial charge in [-0.25, -0.2) is 0 Å². The molecule has 0 aromatic heterocycles. The maximum atomic E-state index is 6.01. The lowest BCUT2D eigenvalue weighted by Gasteiger charge is -2.14. The Morgan fingerprint density at radius 1 is 1.33 bits per heavy atom. The van der Waals surface area contributed by atoms with Gasteiger partial charge in [0, 0.05) is 25.0 Å². The molecule has 0 bridgehead atoms. The molecular formula is C12H18N2O. The average molecular weight is 206 g/mol. The number of hydrogen-bond donors (Lipinski definition) is 2. The van der Waals surface area contributed by atoms with Crippen LogP contribution < -0.4 is 15.8 Å². The highest BCUT2D eigenvalue weighted by Gasteiger charge is 2.24. The molecule has 3 nitrogen and oxygen atoms in total. The van der Waals surface area contributed by atoms with E-state index in [4.69, 9.17) is 10.5 Å². The lowest BCUT2D eigenvalue weighted by atomic mass is 9.95. The average Bonchev–Trinajstić information content (AvgIpc) is 2.66. The van der Waals surface area contributed by atoms with E-state index in [9.17, 15) is 0 Å². The molecule has 1 aromatic carbocycles. The Morgan fingerprint density at radius 3 is 2.60 bits per heavy atom. The van der Waals surface area contributed by atoms with Gasteiger partial charge in [0.1, 0.15) is 5.75 Å². The van der Waals surface area contributed by atoms with Crippen molar-refractivity contribution in [2.45, 2.75) is 18.9 Å². The highest BCUT2D eigenvalue weighted by molar-refractivity contribution is 5.31. The summed E-state index contributed by atoms with van der Waals surface area (Å²) in [5.74, 6) is 1.38. The van der Waals surface area contributed by atoms with Gasteiger partial charge >= 0.3 is 0 Å². The van der Waals surface area contributed by atoms with Gasteiger partial charge in [-0.15, -0.1) is 0 Å². The molecule has 0 saturated carbocycles. The fraction of sp³-hybridized carbons (Fsp3) is 0.500. The number of hydrogen-bond acceptors (Lipinski definition) is 3. The number of nitrogens with one attached hydrogen (secondary N) is 1. The summed E-state index contributed by atoms with van der Waals surface area (Å²) in [4.78, 5) is 0. The van der Waals surface area contributed by atoms with E-state index in [1.165, 1.54) is 5.56 Å². The first-order chi connectivity index (χ1) is 7.31. The minimum absolute atomic E-state index is 0.239. The van der Waals surface area contributed by atoms with Gasteiger partial charge in [0.25, 0.3) is 0 Å². The molecular weight excluding hydrogens is 188 g/mol. The van der Waals surface area contributed by atoms with Crippen molar-refractivity contribution >= 4 is 0 Å². The summed E-state index contributed by atoms with van der Waals surface area (Å²) >= 11 is 0. The second kappa shape index (κ2) is 4.64. The molecule has 1 aromatic rings. The predicted molar refractivity (Wildman–Crippen MR) is 61.2 cm³/mol. The Morgan fingerprint density at radius 2 is 2.07 bits per heavy atom. The standard InChI is InChI=1S/C12H18N2O/c1-2-15-10-5-3-9(4-6-10)11-7-14-8-12(11)13/h3-6,11-12,14H,2,7-8,13H2,1H3. The van der Waals surface area contributed by atoms with Crippen LogP contribution in [-0.2, 0) is 0 Å². The minimum atomic E-state index is 0.239. The highest BCUT2D eigenvalue weighted by Crippen LogP contribution is 2.23. The van der Waals surface area contributed by atoms with Crippen LogP contribution in [0.15, 0.2) is 24.3 Å². The topological polar surface area (TPSA) is 47.3 Å². The molecule has 2 rings (SSSR count). The molecule has 82 valence electrons. The second-order valence-electron chi connectivity index (χ2n) is 3.93. The van der Waals surface area contributed by atoms with Gasteiger partial charge < -0.3 is 15.8 Å². The van der Waals surface area contributed by atoms with Gasteiger partial charge in [-0.3, -0.25) is 0 Å². The van der Waals surface area contributed by atoms with Crippen molar-refractivity contribution in [2.24, 2.45) is 5.73 Å². The Labute approximate surface area is 90.6 Å². The molecule has 1 heterocycles. The maximum absolute atomic E-state index is 6.01. The first-order valence-electron chi connectivity index (χ1n) is 5.50. The Hall–Kier alpha value is -1.06. The normalized spacial score (nSPS) is 25.5. The third kappa shape index (κ3) is 2.30. The lowest BCUT2D eigenvalue weighted by Crippen LogP contribution is -2.27. The number of nitrogens with two attached hydrogens (primary N) is 1. The van der Waals surface area contributed by atoms with Crippen molar-refractivity contribution in [1.29, 1.82) is 0 Å². The van der Waals surface area contributed by atoms with E-state index in [0.29, 0.717) is 12.5 Å². The predicted octanol–water partition coefficient (Wildman–Crippen LogP) is 1.10. The molecule has 2 atom stereocenters. The SMILES string of the molecule is CCOc1ccc(C2CNCC2N)cc1. The zero-order valence-electron chi connectivity index (χ0n) is 9.07. The molecule has 0 spiro atoms. The number of benzene rings is 1. The van der Waals surface area contributed by atoms with Gasteiger partial charge in [0.15, 0.2) is 0 Å². The summed E-state index contributed by atoms with van der Waals surface area (Å²) in [6.07, 6.45) is 0. The molecule has 1 fully saturated rings. The first-order valence-corrected chi connectivity index (χ1v) is 5.50. The van der Waals surface area contributed by atoms with E-state index in [2.05, 4.69) is 17.4 Å². The van der Waals surface area contributed by atoms with Crippen molar-refractivity contribution < 1.29 is 4.74 Å². The summed E-state index contributed by atoms with van der Waals surface area (Å²) in [5, 5.41) is 3.30. The quantitative estimate of drug-likeness (QED) is 0.778. The molecule has 3 heteroatoms. The number of rotatable bonds is 3. The van der Waals surface area contributed by atoms with Crippen molar-refractivity contribution in [1.82, 2.24) is 5.32 Å². The van der Waals surface area contributed by atoms with Crippen molar-refractivity contribution in [3.8, 4) is 5.75 Å². The Bertz CT molecular complexity index is 310. The van der Waals surface area contributed by atoms with E-state index in [1.807, 2.05) is 19.1 Å². The van der Waals surface area contributed by atoms with Crippen LogP contribution in [0.2, 0.25) is 0 Å². The molecule has 1 aliphatic heterocycles. The fourth-order valence-electron chi connectivity index (χ4n) is 2.04. The molecule has 2 unspecified atom stereocenters. The third-order valence-corrected chi connectivity index (χ3v) is 2.88. The zero-order valence-corrected chi connectivity index (χ0v) is 9.07. The molecule has 0 aliphatic carbocycles. The number of ether oxygens (including phenoxy) is 1. The summed E-state index contributed by atoms with van der Waals surface area (Å²) in [6, 6.07) is 8.50. The van der Waals surface area contributed by atoms with Crippen LogP contribution in [0.25, 0.3) is 0 Å². The molecule has 0 amide bonds. The van der Waals surface area contributed by atoms with Crippen LogP contribution in [0.3, 0.4) is 0 Å². The molecule has 0 radical (unpaired) electrons. The Balaban J connectivity index is 2.09. The highest BCUT2D eigenvalue weighted by atomic mass is 16.5. The monoisotopic (exact) mass is 206 g/mol. The van der Waals surface area contributed by atoms with Crippen LogP contribution in [0.5, 0.6) is 5.75 Å². The smallest absolute Gasteiger partial charge is 0.119 e. The first kappa shape index (κ1) is 10.5. The van der Waals surface area contributed by atoms with E-state index >= 15 is 0 Å². The second-order valence-corrected chi connectivity index (χ2v) is 3.93. The van der Waals surface area contributed by atoms with Crippen LogP contribution in [0, 0.1) is 0 Å². The summed E-state index contributed by atoms with van der Waals surface area (Å²) in [5.41, 5.74) is 7.32. The van der Waals surface area contributed by atoms with Gasteiger partial charge in [0.05, 0.1) is 6.61 Å². The molecule has 15 heavy (non-hydrogen) atoms. The largest absolute Gasteiger partial charge is 0.494 e. The molecule has 1 saturated heterocycles. The van der Waals surface area contributed by atoms with Gasteiger partial charge in [-0.05, 0) is 24.6 Å². The van der Waals surface area contributed by atoms with Crippen LogP contribution >= 0.6 is 0 Å². The van der Waals surface area contributed by atoms with E-state index in [-0.39, 0.29) is 6.04 Å². The molecule has 3 N–H and O–H groups in total. The van der Waals surface area contributed by atoms with E-state index in [1.54, 1.807) is 0 Å². The third-order valence-electron chi connectivity index (χ3n) is 2.88. The van der Waals surface area contributed by atoms with Crippen LogP contribution in [-0.4, -0.2) is 25.7 Å². The van der Waals surface area contributed by atoms with Crippen molar-refractivity contribution in [2.75, 3.05) is 19.7 Å². The van der Waals surface area contributed by atoms with Gasteiger partial charge in [-0.2, -0.15) is 0 Å². The fourth-order valence-corrected chi connectivity index (χ4v) is 2.04. The van der Waals surface area contributed by atoms with Crippen molar-refractivity contribution in [3.63, 3.8) is 0 Å².